The first-order valence-corrected chi connectivity index (χ1v) is 5.86. The molecule has 0 unspecified atom stereocenters. The fraction of sp³-hybridized carbons (Fsp3) is 0.0769. The van der Waals surface area contributed by atoms with E-state index in [1.54, 1.807) is 36.5 Å². The van der Waals surface area contributed by atoms with Gasteiger partial charge in [-0.05, 0) is 42.8 Å². The van der Waals surface area contributed by atoms with Crippen molar-refractivity contribution in [2.75, 3.05) is 0 Å². The predicted octanol–water partition coefficient (Wildman–Crippen LogP) is 2.93. The number of nitrogens with two attached hydrogens (primary N) is 1. The summed E-state index contributed by atoms with van der Waals surface area (Å²) in [5, 5.41) is 12.3. The molecule has 1 aromatic carbocycles. The molecular formula is C13H12ClN3O2. The van der Waals surface area contributed by atoms with Gasteiger partial charge in [0.05, 0.1) is 5.56 Å². The fourth-order valence-electron chi connectivity index (χ4n) is 1.55. The largest absolute Gasteiger partial charge is 0.438 e. The molecule has 0 saturated heterocycles. The Balaban J connectivity index is 2.38. The standard InChI is InChI=1S/C13H12ClN3O2/c1-8-7-9(14)4-5-11(8)19-13-10(12(15)17-18)3-2-6-16-13/h2-7,18H,1H3,(H2,15,17). The third kappa shape index (κ3) is 2.95. The van der Waals surface area contributed by atoms with Gasteiger partial charge in [-0.1, -0.05) is 16.8 Å². The van der Waals surface area contributed by atoms with Crippen LogP contribution in [0.3, 0.4) is 0 Å². The van der Waals surface area contributed by atoms with Gasteiger partial charge in [-0.3, -0.25) is 0 Å². The smallest absolute Gasteiger partial charge is 0.230 e. The minimum Gasteiger partial charge on any atom is -0.438 e. The van der Waals surface area contributed by atoms with Crippen molar-refractivity contribution < 1.29 is 9.94 Å². The molecule has 0 fully saturated rings. The predicted molar refractivity (Wildman–Crippen MR) is 73.0 cm³/mol. The summed E-state index contributed by atoms with van der Waals surface area (Å²) in [5.74, 6) is 0.813. The van der Waals surface area contributed by atoms with Crippen LogP contribution in [0.2, 0.25) is 5.02 Å². The van der Waals surface area contributed by atoms with Crippen LogP contribution >= 0.6 is 11.6 Å². The molecule has 0 aliphatic rings. The van der Waals surface area contributed by atoms with Gasteiger partial charge in [0.2, 0.25) is 5.88 Å². The van der Waals surface area contributed by atoms with Crippen molar-refractivity contribution >= 4 is 17.4 Å². The zero-order valence-corrected chi connectivity index (χ0v) is 10.9. The molecule has 0 aliphatic heterocycles. The molecule has 1 heterocycles. The molecule has 2 aromatic rings. The van der Waals surface area contributed by atoms with Crippen LogP contribution in [0.25, 0.3) is 0 Å². The Hall–Kier alpha value is -2.27. The molecule has 1 aromatic heterocycles. The van der Waals surface area contributed by atoms with Gasteiger partial charge in [0.1, 0.15) is 5.75 Å². The van der Waals surface area contributed by atoms with Gasteiger partial charge in [-0.15, -0.1) is 0 Å². The molecule has 98 valence electrons. The van der Waals surface area contributed by atoms with Gasteiger partial charge < -0.3 is 15.7 Å². The third-order valence-corrected chi connectivity index (χ3v) is 2.73. The zero-order valence-electron chi connectivity index (χ0n) is 10.2. The monoisotopic (exact) mass is 277 g/mol. The molecule has 0 saturated carbocycles. The van der Waals surface area contributed by atoms with Crippen LogP contribution in [0.1, 0.15) is 11.1 Å². The lowest BCUT2D eigenvalue weighted by molar-refractivity contribution is 0.318. The molecule has 0 radical (unpaired) electrons. The summed E-state index contributed by atoms with van der Waals surface area (Å²) >= 11 is 5.88. The van der Waals surface area contributed by atoms with E-state index in [-0.39, 0.29) is 11.7 Å². The van der Waals surface area contributed by atoms with E-state index in [1.807, 2.05) is 6.92 Å². The van der Waals surface area contributed by atoms with Gasteiger partial charge in [0, 0.05) is 11.2 Å². The number of ether oxygens (including phenoxy) is 1. The highest BCUT2D eigenvalue weighted by Gasteiger charge is 2.11. The molecule has 0 aliphatic carbocycles. The lowest BCUT2D eigenvalue weighted by Gasteiger charge is -2.10. The van der Waals surface area contributed by atoms with Crippen molar-refractivity contribution in [3.05, 3.63) is 52.7 Å². The maximum Gasteiger partial charge on any atom is 0.230 e. The minimum atomic E-state index is -0.0604. The Kier molecular flexibility index (Phi) is 3.87. The summed E-state index contributed by atoms with van der Waals surface area (Å²) < 4.78 is 5.68. The summed E-state index contributed by atoms with van der Waals surface area (Å²) in [5.41, 5.74) is 6.85. The molecule has 6 heteroatoms. The van der Waals surface area contributed by atoms with E-state index in [1.165, 1.54) is 0 Å². The Morgan fingerprint density at radius 1 is 1.42 bits per heavy atom. The number of hydrogen-bond acceptors (Lipinski definition) is 4. The van der Waals surface area contributed by atoms with Gasteiger partial charge >= 0.3 is 0 Å². The number of hydrogen-bond donors (Lipinski definition) is 2. The highest BCUT2D eigenvalue weighted by molar-refractivity contribution is 6.30. The van der Waals surface area contributed by atoms with Crippen LogP contribution in [0.15, 0.2) is 41.7 Å². The number of aryl methyl sites for hydroxylation is 1. The van der Waals surface area contributed by atoms with Crippen LogP contribution in [0.5, 0.6) is 11.6 Å². The Morgan fingerprint density at radius 3 is 2.89 bits per heavy atom. The first-order chi connectivity index (χ1) is 9.11. The van der Waals surface area contributed by atoms with Crippen LogP contribution in [-0.2, 0) is 0 Å². The third-order valence-electron chi connectivity index (χ3n) is 2.50. The number of rotatable bonds is 3. The van der Waals surface area contributed by atoms with E-state index in [4.69, 9.17) is 27.3 Å². The summed E-state index contributed by atoms with van der Waals surface area (Å²) in [7, 11) is 0. The summed E-state index contributed by atoms with van der Waals surface area (Å²) in [6.07, 6.45) is 1.56. The number of benzene rings is 1. The molecular weight excluding hydrogens is 266 g/mol. The first kappa shape index (κ1) is 13.2. The molecule has 5 nitrogen and oxygen atoms in total. The minimum absolute atomic E-state index is 0.0604. The van der Waals surface area contributed by atoms with Crippen molar-refractivity contribution in [3.63, 3.8) is 0 Å². The quantitative estimate of drug-likeness (QED) is 0.391. The van der Waals surface area contributed by atoms with Crippen molar-refractivity contribution in [3.8, 4) is 11.6 Å². The average molecular weight is 278 g/mol. The second kappa shape index (κ2) is 5.58. The first-order valence-electron chi connectivity index (χ1n) is 5.48. The van der Waals surface area contributed by atoms with Crippen LogP contribution < -0.4 is 10.5 Å². The van der Waals surface area contributed by atoms with Gasteiger partial charge in [0.25, 0.3) is 0 Å². The summed E-state index contributed by atoms with van der Waals surface area (Å²) in [6.45, 7) is 1.87. The van der Waals surface area contributed by atoms with Crippen molar-refractivity contribution in [1.29, 1.82) is 0 Å². The molecule has 0 spiro atoms. The van der Waals surface area contributed by atoms with Gasteiger partial charge in [-0.25, -0.2) is 4.98 Å². The summed E-state index contributed by atoms with van der Waals surface area (Å²) in [6, 6.07) is 8.57. The summed E-state index contributed by atoms with van der Waals surface area (Å²) in [4.78, 5) is 4.08. The lowest BCUT2D eigenvalue weighted by atomic mass is 10.2. The lowest BCUT2D eigenvalue weighted by Crippen LogP contribution is -2.14. The number of halogens is 1. The van der Waals surface area contributed by atoms with E-state index in [0.717, 1.165) is 5.56 Å². The Labute approximate surface area is 115 Å². The maximum absolute atomic E-state index is 8.73. The molecule has 2 rings (SSSR count). The fourth-order valence-corrected chi connectivity index (χ4v) is 1.78. The second-order valence-corrected chi connectivity index (χ2v) is 4.29. The van der Waals surface area contributed by atoms with Crippen molar-refractivity contribution in [1.82, 2.24) is 4.98 Å². The Bertz CT molecular complexity index is 629. The maximum atomic E-state index is 8.73. The SMILES string of the molecule is Cc1cc(Cl)ccc1Oc1ncccc1/C(N)=N/O. The van der Waals surface area contributed by atoms with Crippen LogP contribution in [0, 0.1) is 6.92 Å². The van der Waals surface area contributed by atoms with E-state index in [0.29, 0.717) is 16.3 Å². The van der Waals surface area contributed by atoms with Crippen LogP contribution in [0.4, 0.5) is 0 Å². The van der Waals surface area contributed by atoms with E-state index < -0.39 is 0 Å². The van der Waals surface area contributed by atoms with Crippen LogP contribution in [-0.4, -0.2) is 16.0 Å². The Morgan fingerprint density at radius 2 is 2.21 bits per heavy atom. The topological polar surface area (TPSA) is 80.7 Å². The number of oxime groups is 1. The second-order valence-electron chi connectivity index (χ2n) is 3.85. The highest BCUT2D eigenvalue weighted by Crippen LogP contribution is 2.27. The number of pyridine rings is 1. The molecule has 19 heavy (non-hydrogen) atoms. The van der Waals surface area contributed by atoms with Crippen molar-refractivity contribution in [2.45, 2.75) is 6.92 Å². The van der Waals surface area contributed by atoms with E-state index in [2.05, 4.69) is 10.1 Å². The zero-order chi connectivity index (χ0) is 13.8. The number of aromatic nitrogens is 1. The number of nitrogens with zero attached hydrogens (tertiary/aromatic N) is 2. The van der Waals surface area contributed by atoms with Gasteiger partial charge in [0.15, 0.2) is 5.84 Å². The number of amidine groups is 1. The molecule has 0 bridgehead atoms. The molecule has 0 amide bonds. The van der Waals surface area contributed by atoms with E-state index >= 15 is 0 Å². The van der Waals surface area contributed by atoms with Gasteiger partial charge in [-0.2, -0.15) is 0 Å². The average Bonchev–Trinajstić information content (AvgIpc) is 2.41. The highest BCUT2D eigenvalue weighted by atomic mass is 35.5. The molecule has 3 N–H and O–H groups in total. The molecule has 0 atom stereocenters. The van der Waals surface area contributed by atoms with Crippen molar-refractivity contribution in [2.24, 2.45) is 10.9 Å². The van der Waals surface area contributed by atoms with E-state index in [9.17, 15) is 0 Å². The normalized spacial score (nSPS) is 11.4.